The Morgan fingerprint density at radius 3 is 2.81 bits per heavy atom. The van der Waals surface area contributed by atoms with Crippen LogP contribution in [0.2, 0.25) is 0 Å². The van der Waals surface area contributed by atoms with Crippen LogP contribution in [-0.4, -0.2) is 47.3 Å². The van der Waals surface area contributed by atoms with Gasteiger partial charge in [-0.15, -0.1) is 0 Å². The van der Waals surface area contributed by atoms with Crippen molar-refractivity contribution < 1.29 is 19.4 Å². The van der Waals surface area contributed by atoms with Gasteiger partial charge in [-0.05, 0) is 37.7 Å². The Morgan fingerprint density at radius 2 is 2.03 bits per heavy atom. The monoisotopic (exact) mass is 425 g/mol. The van der Waals surface area contributed by atoms with Gasteiger partial charge in [0.2, 0.25) is 0 Å². The van der Waals surface area contributed by atoms with Crippen molar-refractivity contribution in [2.45, 2.75) is 45.6 Å². The highest BCUT2D eigenvalue weighted by Gasteiger charge is 2.25. The van der Waals surface area contributed by atoms with Crippen molar-refractivity contribution in [1.29, 1.82) is 0 Å². The Kier molecular flexibility index (Phi) is 6.70. The first-order valence-electron chi connectivity index (χ1n) is 11.1. The number of anilines is 1. The van der Waals surface area contributed by atoms with Crippen molar-refractivity contribution >= 4 is 11.7 Å². The van der Waals surface area contributed by atoms with Crippen LogP contribution in [0.4, 0.5) is 5.69 Å². The lowest BCUT2D eigenvalue weighted by atomic mass is 9.83. The number of aromatic nitrogens is 2. The highest BCUT2D eigenvalue weighted by molar-refractivity contribution is 5.88. The number of hydrogen-bond donors (Lipinski definition) is 1. The van der Waals surface area contributed by atoms with E-state index in [2.05, 4.69) is 21.8 Å². The first-order valence-corrected chi connectivity index (χ1v) is 11.1. The number of hydrogen-bond acceptors (Lipinski definition) is 6. The quantitative estimate of drug-likeness (QED) is 0.740. The molecule has 1 saturated carbocycles. The molecule has 3 heterocycles. The van der Waals surface area contributed by atoms with Crippen LogP contribution >= 0.6 is 0 Å². The van der Waals surface area contributed by atoms with E-state index < -0.39 is 5.97 Å². The van der Waals surface area contributed by atoms with Gasteiger partial charge in [0.05, 0.1) is 42.6 Å². The summed E-state index contributed by atoms with van der Waals surface area (Å²) in [6.45, 7) is 6.67. The van der Waals surface area contributed by atoms with Gasteiger partial charge in [0.1, 0.15) is 11.9 Å². The zero-order chi connectivity index (χ0) is 21.8. The third-order valence-corrected chi connectivity index (χ3v) is 6.46. The minimum absolute atomic E-state index is 0.215. The second-order valence-electron chi connectivity index (χ2n) is 8.83. The summed E-state index contributed by atoms with van der Waals surface area (Å²) in [5.74, 6) is 1.29. The van der Waals surface area contributed by atoms with Gasteiger partial charge in [-0.2, -0.15) is 0 Å². The topological polar surface area (TPSA) is 84.8 Å². The summed E-state index contributed by atoms with van der Waals surface area (Å²) in [6, 6.07) is 3.71. The summed E-state index contributed by atoms with van der Waals surface area (Å²) in [6.07, 6.45) is 10.1. The maximum Gasteiger partial charge on any atom is 0.337 e. The van der Waals surface area contributed by atoms with Crippen LogP contribution in [0.5, 0.6) is 5.75 Å². The fourth-order valence-electron chi connectivity index (χ4n) is 4.40. The minimum atomic E-state index is -0.971. The Bertz CT molecular complexity index is 911. The molecule has 0 aromatic carbocycles. The number of rotatable bonds is 6. The van der Waals surface area contributed by atoms with E-state index in [1.807, 2.05) is 12.3 Å². The molecule has 1 N–H and O–H groups in total. The summed E-state index contributed by atoms with van der Waals surface area (Å²) < 4.78 is 12.0. The second kappa shape index (κ2) is 9.64. The van der Waals surface area contributed by atoms with Crippen LogP contribution in [0.15, 0.2) is 30.7 Å². The molecule has 31 heavy (non-hydrogen) atoms. The number of carboxylic acids is 1. The first kappa shape index (κ1) is 21.6. The fourth-order valence-corrected chi connectivity index (χ4v) is 4.40. The van der Waals surface area contributed by atoms with Crippen LogP contribution in [-0.2, 0) is 4.74 Å². The van der Waals surface area contributed by atoms with E-state index in [-0.39, 0.29) is 11.7 Å². The lowest BCUT2D eigenvalue weighted by Crippen LogP contribution is -2.38. The van der Waals surface area contributed by atoms with Crippen molar-refractivity contribution in [3.8, 4) is 5.75 Å². The van der Waals surface area contributed by atoms with Gasteiger partial charge in [0, 0.05) is 30.9 Å². The molecule has 7 nitrogen and oxygen atoms in total. The molecule has 1 aliphatic heterocycles. The van der Waals surface area contributed by atoms with Crippen LogP contribution in [0.1, 0.15) is 60.3 Å². The van der Waals surface area contributed by atoms with Gasteiger partial charge in [-0.25, -0.2) is 4.79 Å². The van der Waals surface area contributed by atoms with Crippen LogP contribution in [0.3, 0.4) is 0 Å². The van der Waals surface area contributed by atoms with Gasteiger partial charge >= 0.3 is 5.97 Å². The fraction of sp³-hybridized carbons (Fsp3) is 0.542. The third-order valence-electron chi connectivity index (χ3n) is 6.46. The van der Waals surface area contributed by atoms with E-state index in [0.29, 0.717) is 24.8 Å². The molecule has 2 aromatic rings. The Labute approximate surface area is 183 Å². The smallest absolute Gasteiger partial charge is 0.337 e. The van der Waals surface area contributed by atoms with Gasteiger partial charge in [-0.1, -0.05) is 19.8 Å². The van der Waals surface area contributed by atoms with E-state index in [4.69, 9.17) is 9.47 Å². The molecule has 0 bridgehead atoms. The molecule has 1 saturated heterocycles. The van der Waals surface area contributed by atoms with Crippen LogP contribution in [0, 0.1) is 18.8 Å². The van der Waals surface area contributed by atoms with E-state index in [9.17, 15) is 9.90 Å². The van der Waals surface area contributed by atoms with Crippen molar-refractivity contribution in [2.24, 2.45) is 11.8 Å². The predicted octanol–water partition coefficient (Wildman–Crippen LogP) is 4.27. The number of nitrogens with zero attached hydrogens (tertiary/aromatic N) is 3. The molecule has 1 aliphatic carbocycles. The lowest BCUT2D eigenvalue weighted by Gasteiger charge is -2.34. The lowest BCUT2D eigenvalue weighted by molar-refractivity contribution is 0.0394. The molecular weight excluding hydrogens is 394 g/mol. The number of carboxylic acid groups (broad SMARTS) is 1. The molecule has 2 fully saturated rings. The number of aryl methyl sites for hydroxylation is 1. The normalized spacial score (nSPS) is 24.1. The largest absolute Gasteiger partial charge is 0.492 e. The van der Waals surface area contributed by atoms with Crippen LogP contribution < -0.4 is 9.64 Å². The first-order chi connectivity index (χ1) is 15.0. The van der Waals surface area contributed by atoms with Crippen molar-refractivity contribution in [2.75, 3.05) is 31.2 Å². The molecule has 1 atom stereocenters. The molecule has 2 aromatic heterocycles. The summed E-state index contributed by atoms with van der Waals surface area (Å²) in [5, 5.41) is 9.39. The highest BCUT2D eigenvalue weighted by Crippen LogP contribution is 2.30. The van der Waals surface area contributed by atoms with Crippen molar-refractivity contribution in [1.82, 2.24) is 9.97 Å². The van der Waals surface area contributed by atoms with Crippen molar-refractivity contribution in [3.63, 3.8) is 0 Å². The van der Waals surface area contributed by atoms with E-state index in [1.54, 1.807) is 25.4 Å². The van der Waals surface area contributed by atoms with Gasteiger partial charge in [0.15, 0.2) is 0 Å². The molecule has 7 heteroatoms. The zero-order valence-corrected chi connectivity index (χ0v) is 18.3. The summed E-state index contributed by atoms with van der Waals surface area (Å²) in [7, 11) is 0. The number of aromatic carboxylic acids is 1. The molecule has 0 radical (unpaired) electrons. The molecule has 2 aliphatic rings. The van der Waals surface area contributed by atoms with Gasteiger partial charge in [0.25, 0.3) is 0 Å². The summed E-state index contributed by atoms with van der Waals surface area (Å²) in [4.78, 5) is 22.3. The maximum atomic E-state index is 11.5. The molecule has 4 rings (SSSR count). The van der Waals surface area contributed by atoms with E-state index in [0.717, 1.165) is 36.1 Å². The number of carbonyl (C=O) groups is 1. The summed E-state index contributed by atoms with van der Waals surface area (Å²) >= 11 is 0. The predicted molar refractivity (Wildman–Crippen MR) is 118 cm³/mol. The standard InChI is InChI=1S/C24H31N3O4/c1-16-3-5-18(6-4-16)15-31-21-10-20(12-25-13-21)27-7-8-30-23(14-27)19-9-22(24(28)29)17(2)26-11-19/h9-13,16,18,23H,3-8,14-15H2,1-2H3,(H,28,29). The molecule has 0 spiro atoms. The number of ether oxygens (including phenoxy) is 2. The van der Waals surface area contributed by atoms with Gasteiger partial charge < -0.3 is 19.5 Å². The average Bonchev–Trinajstić information content (AvgIpc) is 2.79. The van der Waals surface area contributed by atoms with Crippen LogP contribution in [0.25, 0.3) is 0 Å². The van der Waals surface area contributed by atoms with E-state index in [1.165, 1.54) is 25.7 Å². The minimum Gasteiger partial charge on any atom is -0.492 e. The number of pyridine rings is 2. The molecule has 0 amide bonds. The third kappa shape index (κ3) is 5.34. The molecule has 1 unspecified atom stereocenters. The second-order valence-corrected chi connectivity index (χ2v) is 8.83. The molecular formula is C24H31N3O4. The summed E-state index contributed by atoms with van der Waals surface area (Å²) in [5.41, 5.74) is 2.49. The van der Waals surface area contributed by atoms with Gasteiger partial charge in [-0.3, -0.25) is 9.97 Å². The average molecular weight is 426 g/mol. The number of morpholine rings is 1. The Morgan fingerprint density at radius 1 is 1.23 bits per heavy atom. The molecule has 166 valence electrons. The van der Waals surface area contributed by atoms with E-state index >= 15 is 0 Å². The Hall–Kier alpha value is -2.67. The van der Waals surface area contributed by atoms with Crippen molar-refractivity contribution in [3.05, 3.63) is 47.5 Å². The zero-order valence-electron chi connectivity index (χ0n) is 18.3. The Balaban J connectivity index is 1.41. The maximum absolute atomic E-state index is 11.5. The SMILES string of the molecule is Cc1ncc(C2CN(c3cncc(OCC4CCC(C)CC4)c3)CCO2)cc1C(=O)O. The highest BCUT2D eigenvalue weighted by atomic mass is 16.5.